The number of amides is 2. The Bertz CT molecular complexity index is 1020. The third kappa shape index (κ3) is 5.14. The SMILES string of the molecule is COC(=O)CN1C(=O)S/C(=C\c2ccc(OCc3cccc(Cl)c3)c(OC)c2)C1=O. The largest absolute Gasteiger partial charge is 0.493 e. The van der Waals surface area contributed by atoms with E-state index in [4.69, 9.17) is 21.1 Å². The first-order chi connectivity index (χ1) is 14.4. The number of methoxy groups -OCH3 is 2. The third-order valence-electron chi connectivity index (χ3n) is 4.16. The van der Waals surface area contributed by atoms with Gasteiger partial charge in [-0.25, -0.2) is 0 Å². The summed E-state index contributed by atoms with van der Waals surface area (Å²) < 4.78 is 15.7. The van der Waals surface area contributed by atoms with Crippen LogP contribution in [0.1, 0.15) is 11.1 Å². The van der Waals surface area contributed by atoms with Crippen LogP contribution in [-0.2, 0) is 20.9 Å². The van der Waals surface area contributed by atoms with Gasteiger partial charge in [0.2, 0.25) is 0 Å². The first kappa shape index (κ1) is 21.7. The predicted molar refractivity (Wildman–Crippen MR) is 113 cm³/mol. The lowest BCUT2D eigenvalue weighted by atomic mass is 10.1. The molecule has 0 aromatic heterocycles. The molecular weight excluding hydrogens is 430 g/mol. The van der Waals surface area contributed by atoms with Gasteiger partial charge >= 0.3 is 5.97 Å². The molecule has 1 heterocycles. The van der Waals surface area contributed by atoms with Gasteiger partial charge in [-0.15, -0.1) is 0 Å². The average Bonchev–Trinajstić information content (AvgIpc) is 2.99. The van der Waals surface area contributed by atoms with Gasteiger partial charge in [0.1, 0.15) is 13.2 Å². The molecular formula is C21H18ClNO6S. The van der Waals surface area contributed by atoms with E-state index in [-0.39, 0.29) is 4.91 Å². The number of ether oxygens (including phenoxy) is 3. The Morgan fingerprint density at radius 2 is 1.93 bits per heavy atom. The molecule has 9 heteroatoms. The number of thioether (sulfide) groups is 1. The summed E-state index contributed by atoms with van der Waals surface area (Å²) in [5, 5.41) is 0.102. The van der Waals surface area contributed by atoms with E-state index in [2.05, 4.69) is 4.74 Å². The normalized spacial score (nSPS) is 14.9. The Kier molecular flexibility index (Phi) is 7.02. The van der Waals surface area contributed by atoms with Crippen molar-refractivity contribution in [3.05, 3.63) is 63.5 Å². The Morgan fingerprint density at radius 3 is 2.63 bits per heavy atom. The predicted octanol–water partition coefficient (Wildman–Crippen LogP) is 4.14. The van der Waals surface area contributed by atoms with Crippen molar-refractivity contribution >= 4 is 46.6 Å². The van der Waals surface area contributed by atoms with E-state index in [1.807, 2.05) is 18.2 Å². The van der Waals surface area contributed by atoms with Crippen molar-refractivity contribution < 1.29 is 28.6 Å². The van der Waals surface area contributed by atoms with E-state index in [0.29, 0.717) is 28.7 Å². The maximum Gasteiger partial charge on any atom is 0.325 e. The first-order valence-electron chi connectivity index (χ1n) is 8.78. The highest BCUT2D eigenvalue weighted by molar-refractivity contribution is 8.18. The Hall–Kier alpha value is -2.97. The fraction of sp³-hybridized carbons (Fsp3) is 0.190. The summed E-state index contributed by atoms with van der Waals surface area (Å²) in [5.74, 6) is -0.218. The van der Waals surface area contributed by atoms with Crippen molar-refractivity contribution in [2.24, 2.45) is 0 Å². The topological polar surface area (TPSA) is 82.1 Å². The van der Waals surface area contributed by atoms with E-state index in [9.17, 15) is 14.4 Å². The fourth-order valence-electron chi connectivity index (χ4n) is 2.66. The molecule has 1 fully saturated rings. The van der Waals surface area contributed by atoms with Crippen molar-refractivity contribution in [3.8, 4) is 11.5 Å². The lowest BCUT2D eigenvalue weighted by molar-refractivity contribution is -0.143. The zero-order valence-electron chi connectivity index (χ0n) is 16.2. The van der Waals surface area contributed by atoms with Crippen molar-refractivity contribution in [1.82, 2.24) is 4.90 Å². The number of carbonyl (C=O) groups is 3. The van der Waals surface area contributed by atoms with E-state index in [1.54, 1.807) is 30.3 Å². The number of halogens is 1. The number of nitrogens with zero attached hydrogens (tertiary/aromatic N) is 1. The molecule has 0 radical (unpaired) electrons. The second-order valence-corrected chi connectivity index (χ2v) is 7.60. The van der Waals surface area contributed by atoms with Gasteiger partial charge in [0, 0.05) is 5.02 Å². The minimum atomic E-state index is -0.665. The summed E-state index contributed by atoms with van der Waals surface area (Å²) >= 11 is 6.75. The lowest BCUT2D eigenvalue weighted by Crippen LogP contribution is -2.34. The van der Waals surface area contributed by atoms with Gasteiger partial charge in [-0.3, -0.25) is 19.3 Å². The number of benzene rings is 2. The lowest BCUT2D eigenvalue weighted by Gasteiger charge is -2.12. The standard InChI is InChI=1S/C21H18ClNO6S/c1-27-17-9-13(6-7-16(17)29-12-14-4-3-5-15(22)8-14)10-18-20(25)23(21(26)30-18)11-19(24)28-2/h3-10H,11-12H2,1-2H3/b18-10-. The molecule has 0 aliphatic carbocycles. The number of rotatable bonds is 7. The summed E-state index contributed by atoms with van der Waals surface area (Å²) in [6.07, 6.45) is 1.56. The molecule has 0 atom stereocenters. The molecule has 1 saturated heterocycles. The van der Waals surface area contributed by atoms with Crippen molar-refractivity contribution in [1.29, 1.82) is 0 Å². The number of imide groups is 1. The molecule has 1 aliphatic rings. The van der Waals surface area contributed by atoms with Crippen LogP contribution in [0, 0.1) is 0 Å². The molecule has 30 heavy (non-hydrogen) atoms. The van der Waals surface area contributed by atoms with Crippen LogP contribution < -0.4 is 9.47 Å². The van der Waals surface area contributed by atoms with Crippen LogP contribution in [0.25, 0.3) is 6.08 Å². The van der Waals surface area contributed by atoms with Crippen LogP contribution in [0.2, 0.25) is 5.02 Å². The Labute approximate surface area is 182 Å². The molecule has 0 N–H and O–H groups in total. The second-order valence-electron chi connectivity index (χ2n) is 6.17. The van der Waals surface area contributed by atoms with Crippen LogP contribution in [-0.4, -0.2) is 42.8 Å². The maximum absolute atomic E-state index is 12.4. The molecule has 0 saturated carbocycles. The van der Waals surface area contributed by atoms with Crippen LogP contribution in [0.4, 0.5) is 4.79 Å². The van der Waals surface area contributed by atoms with E-state index in [1.165, 1.54) is 14.2 Å². The van der Waals surface area contributed by atoms with Gasteiger partial charge in [0.15, 0.2) is 11.5 Å². The van der Waals surface area contributed by atoms with Crippen molar-refractivity contribution in [2.45, 2.75) is 6.61 Å². The highest BCUT2D eigenvalue weighted by Gasteiger charge is 2.36. The average molecular weight is 448 g/mol. The smallest absolute Gasteiger partial charge is 0.325 e. The first-order valence-corrected chi connectivity index (χ1v) is 9.98. The molecule has 1 aliphatic heterocycles. The monoisotopic (exact) mass is 447 g/mol. The fourth-order valence-corrected chi connectivity index (χ4v) is 3.71. The molecule has 2 aromatic rings. The third-order valence-corrected chi connectivity index (χ3v) is 5.30. The second kappa shape index (κ2) is 9.69. The van der Waals surface area contributed by atoms with Gasteiger partial charge < -0.3 is 14.2 Å². The summed E-state index contributed by atoms with van der Waals surface area (Å²) in [7, 11) is 2.70. The summed E-state index contributed by atoms with van der Waals surface area (Å²) in [6.45, 7) is -0.110. The van der Waals surface area contributed by atoms with Crippen LogP contribution in [0.3, 0.4) is 0 Å². The number of esters is 1. The zero-order valence-corrected chi connectivity index (χ0v) is 17.8. The van der Waals surface area contributed by atoms with Crippen LogP contribution in [0.5, 0.6) is 11.5 Å². The number of hydrogen-bond acceptors (Lipinski definition) is 7. The van der Waals surface area contributed by atoms with E-state index < -0.39 is 23.7 Å². The Morgan fingerprint density at radius 1 is 1.13 bits per heavy atom. The molecule has 2 amide bonds. The van der Waals surface area contributed by atoms with Crippen LogP contribution >= 0.6 is 23.4 Å². The van der Waals surface area contributed by atoms with E-state index in [0.717, 1.165) is 22.2 Å². The summed E-state index contributed by atoms with van der Waals surface area (Å²) in [4.78, 5) is 36.9. The van der Waals surface area contributed by atoms with E-state index >= 15 is 0 Å². The molecule has 0 spiro atoms. The van der Waals surface area contributed by atoms with Crippen LogP contribution in [0.15, 0.2) is 47.4 Å². The van der Waals surface area contributed by atoms with Gasteiger partial charge in [0.05, 0.1) is 19.1 Å². The number of hydrogen-bond donors (Lipinski definition) is 0. The molecule has 2 aromatic carbocycles. The van der Waals surface area contributed by atoms with Gasteiger partial charge in [0.25, 0.3) is 11.1 Å². The molecule has 0 bridgehead atoms. The van der Waals surface area contributed by atoms with Gasteiger partial charge in [-0.1, -0.05) is 29.8 Å². The maximum atomic E-state index is 12.4. The van der Waals surface area contributed by atoms with Gasteiger partial charge in [-0.05, 0) is 53.2 Å². The highest BCUT2D eigenvalue weighted by atomic mass is 35.5. The summed E-state index contributed by atoms with van der Waals surface area (Å²) in [6, 6.07) is 12.5. The minimum absolute atomic E-state index is 0.207. The van der Waals surface area contributed by atoms with Crippen molar-refractivity contribution in [2.75, 3.05) is 20.8 Å². The minimum Gasteiger partial charge on any atom is -0.493 e. The van der Waals surface area contributed by atoms with Crippen molar-refractivity contribution in [3.63, 3.8) is 0 Å². The molecule has 0 unspecified atom stereocenters. The molecule has 3 rings (SSSR count). The number of carbonyl (C=O) groups excluding carboxylic acids is 3. The molecule has 156 valence electrons. The zero-order chi connectivity index (χ0) is 21.7. The molecule has 7 nitrogen and oxygen atoms in total. The Balaban J connectivity index is 1.75. The summed E-state index contributed by atoms with van der Waals surface area (Å²) in [5.41, 5.74) is 1.55. The quantitative estimate of drug-likeness (QED) is 0.466. The highest BCUT2D eigenvalue weighted by Crippen LogP contribution is 2.34. The van der Waals surface area contributed by atoms with Gasteiger partial charge in [-0.2, -0.15) is 0 Å².